The van der Waals surface area contributed by atoms with Crippen LogP contribution in [-0.4, -0.2) is 47.7 Å². The summed E-state index contributed by atoms with van der Waals surface area (Å²) >= 11 is 0. The molecule has 2 amide bonds. The van der Waals surface area contributed by atoms with E-state index in [1.54, 1.807) is 54.6 Å². The van der Waals surface area contributed by atoms with E-state index in [0.717, 1.165) is 10.6 Å². The van der Waals surface area contributed by atoms with Crippen LogP contribution in [0.25, 0.3) is 0 Å². The van der Waals surface area contributed by atoms with Gasteiger partial charge in [0.2, 0.25) is 5.91 Å². The Morgan fingerprint density at radius 2 is 1.51 bits per heavy atom. The number of carbonyl (C=O) groups excluding carboxylic acids is 5. The molecular formula is C28H24N2O7. The number of esters is 2. The van der Waals surface area contributed by atoms with Gasteiger partial charge in [0.25, 0.3) is 5.91 Å². The summed E-state index contributed by atoms with van der Waals surface area (Å²) in [7, 11) is 0. The predicted octanol–water partition coefficient (Wildman–Crippen LogP) is 3.13. The molecule has 4 rings (SSSR count). The van der Waals surface area contributed by atoms with Crippen molar-refractivity contribution in [3.63, 3.8) is 0 Å². The monoisotopic (exact) mass is 500 g/mol. The second-order valence-corrected chi connectivity index (χ2v) is 8.52. The summed E-state index contributed by atoms with van der Waals surface area (Å²) < 4.78 is 10.4. The largest absolute Gasteiger partial charge is 0.457 e. The first-order valence-electron chi connectivity index (χ1n) is 11.6. The Morgan fingerprint density at radius 3 is 2.19 bits per heavy atom. The molecule has 0 unspecified atom stereocenters. The Labute approximate surface area is 213 Å². The van der Waals surface area contributed by atoms with Gasteiger partial charge in [0, 0.05) is 17.5 Å². The molecule has 0 aromatic heterocycles. The van der Waals surface area contributed by atoms with E-state index in [2.05, 4.69) is 5.43 Å². The molecule has 0 radical (unpaired) electrons. The van der Waals surface area contributed by atoms with Gasteiger partial charge in [-0.25, -0.2) is 4.79 Å². The molecule has 1 N–H and O–H groups in total. The van der Waals surface area contributed by atoms with E-state index in [0.29, 0.717) is 11.1 Å². The second-order valence-electron chi connectivity index (χ2n) is 8.52. The van der Waals surface area contributed by atoms with Gasteiger partial charge in [-0.2, -0.15) is 0 Å². The summed E-state index contributed by atoms with van der Waals surface area (Å²) in [6.07, 6.45) is -0.136. The molecule has 1 atom stereocenters. The maximum absolute atomic E-state index is 12.5. The van der Waals surface area contributed by atoms with Gasteiger partial charge >= 0.3 is 11.9 Å². The maximum Gasteiger partial charge on any atom is 0.343 e. The van der Waals surface area contributed by atoms with Crippen LogP contribution in [0, 0.1) is 12.8 Å². The van der Waals surface area contributed by atoms with Crippen molar-refractivity contribution in [1.82, 2.24) is 10.4 Å². The SMILES string of the molecule is Cc1ccc(C(=O)Oc2ccc(C(=O)COC(=O)[C@H]3CC(=O)N(NC(=O)c4ccccc4)C3)cc2)cc1. The van der Waals surface area contributed by atoms with Crippen molar-refractivity contribution < 1.29 is 33.4 Å². The number of Topliss-reactive ketones (excluding diaryl/α,β-unsaturated/α-hetero) is 1. The zero-order chi connectivity index (χ0) is 26.4. The molecule has 3 aromatic rings. The average Bonchev–Trinajstić information content (AvgIpc) is 3.28. The van der Waals surface area contributed by atoms with E-state index in [1.807, 2.05) is 6.92 Å². The van der Waals surface area contributed by atoms with Crippen molar-refractivity contribution in [2.45, 2.75) is 13.3 Å². The fourth-order valence-corrected chi connectivity index (χ4v) is 3.65. The normalized spacial score (nSPS) is 14.7. The maximum atomic E-state index is 12.5. The van der Waals surface area contributed by atoms with Crippen LogP contribution in [0.15, 0.2) is 78.9 Å². The molecule has 3 aromatic carbocycles. The highest BCUT2D eigenvalue weighted by atomic mass is 16.5. The molecule has 1 saturated heterocycles. The molecule has 1 aliphatic rings. The van der Waals surface area contributed by atoms with Crippen LogP contribution >= 0.6 is 0 Å². The van der Waals surface area contributed by atoms with E-state index < -0.39 is 42.1 Å². The molecule has 0 aliphatic carbocycles. The number of rotatable bonds is 8. The number of benzene rings is 3. The molecule has 1 heterocycles. The number of hydrazine groups is 1. The van der Waals surface area contributed by atoms with Crippen molar-refractivity contribution >= 4 is 29.5 Å². The number of hydrogen-bond donors (Lipinski definition) is 1. The Balaban J connectivity index is 1.25. The third-order valence-corrected chi connectivity index (χ3v) is 5.75. The van der Waals surface area contributed by atoms with Gasteiger partial charge in [-0.1, -0.05) is 35.9 Å². The highest BCUT2D eigenvalue weighted by Crippen LogP contribution is 2.19. The molecule has 1 aliphatic heterocycles. The van der Waals surface area contributed by atoms with Crippen LogP contribution in [0.4, 0.5) is 0 Å². The fraction of sp³-hybridized carbons (Fsp3) is 0.179. The summed E-state index contributed by atoms with van der Waals surface area (Å²) in [5.41, 5.74) is 4.55. The number of nitrogens with one attached hydrogen (secondary N) is 1. The zero-order valence-corrected chi connectivity index (χ0v) is 20.0. The summed E-state index contributed by atoms with van der Waals surface area (Å²) in [6, 6.07) is 21.2. The minimum Gasteiger partial charge on any atom is -0.457 e. The topological polar surface area (TPSA) is 119 Å². The number of ether oxygens (including phenoxy) is 2. The van der Waals surface area contributed by atoms with Crippen molar-refractivity contribution in [2.75, 3.05) is 13.2 Å². The number of aryl methyl sites for hydroxylation is 1. The summed E-state index contributed by atoms with van der Waals surface area (Å²) in [4.78, 5) is 61.6. The smallest absolute Gasteiger partial charge is 0.343 e. The molecule has 0 spiro atoms. The van der Waals surface area contributed by atoms with Crippen molar-refractivity contribution in [1.29, 1.82) is 0 Å². The van der Waals surface area contributed by atoms with E-state index in [9.17, 15) is 24.0 Å². The lowest BCUT2D eigenvalue weighted by atomic mass is 10.1. The predicted molar refractivity (Wildman–Crippen MR) is 132 cm³/mol. The van der Waals surface area contributed by atoms with Gasteiger partial charge in [0.1, 0.15) is 5.75 Å². The third-order valence-electron chi connectivity index (χ3n) is 5.75. The van der Waals surface area contributed by atoms with Crippen LogP contribution in [-0.2, 0) is 14.3 Å². The van der Waals surface area contributed by atoms with Gasteiger partial charge < -0.3 is 9.47 Å². The average molecular weight is 501 g/mol. The van der Waals surface area contributed by atoms with Crippen molar-refractivity contribution in [3.8, 4) is 5.75 Å². The third kappa shape index (κ3) is 6.46. The first kappa shape index (κ1) is 25.3. The highest BCUT2D eigenvalue weighted by molar-refractivity contribution is 5.99. The minimum atomic E-state index is -0.806. The Morgan fingerprint density at radius 1 is 0.865 bits per heavy atom. The van der Waals surface area contributed by atoms with Gasteiger partial charge in [-0.15, -0.1) is 0 Å². The highest BCUT2D eigenvalue weighted by Gasteiger charge is 2.36. The van der Waals surface area contributed by atoms with Crippen molar-refractivity contribution in [2.24, 2.45) is 5.92 Å². The molecule has 37 heavy (non-hydrogen) atoms. The summed E-state index contributed by atoms with van der Waals surface area (Å²) in [6.45, 7) is 1.35. The van der Waals surface area contributed by atoms with E-state index in [4.69, 9.17) is 9.47 Å². The Bertz CT molecular complexity index is 1320. The van der Waals surface area contributed by atoms with E-state index >= 15 is 0 Å². The molecule has 1 fully saturated rings. The van der Waals surface area contributed by atoms with Crippen LogP contribution in [0.3, 0.4) is 0 Å². The summed E-state index contributed by atoms with van der Waals surface area (Å²) in [5.74, 6) is -3.11. The van der Waals surface area contributed by atoms with E-state index in [-0.39, 0.29) is 24.3 Å². The lowest BCUT2D eigenvalue weighted by molar-refractivity contribution is -0.147. The molecule has 0 saturated carbocycles. The number of carbonyl (C=O) groups is 5. The first-order valence-corrected chi connectivity index (χ1v) is 11.6. The van der Waals surface area contributed by atoms with Crippen LogP contribution < -0.4 is 10.2 Å². The van der Waals surface area contributed by atoms with Crippen LogP contribution in [0.2, 0.25) is 0 Å². The fourth-order valence-electron chi connectivity index (χ4n) is 3.65. The lowest BCUT2D eigenvalue weighted by Gasteiger charge is -2.17. The lowest BCUT2D eigenvalue weighted by Crippen LogP contribution is -2.43. The van der Waals surface area contributed by atoms with Gasteiger partial charge in [0.15, 0.2) is 12.4 Å². The molecule has 9 nitrogen and oxygen atoms in total. The molecular weight excluding hydrogens is 476 g/mol. The number of hydrogen-bond acceptors (Lipinski definition) is 7. The quantitative estimate of drug-likeness (QED) is 0.287. The van der Waals surface area contributed by atoms with Gasteiger partial charge in [0.05, 0.1) is 18.0 Å². The number of ketones is 1. The second kappa shape index (κ2) is 11.3. The van der Waals surface area contributed by atoms with Gasteiger partial charge in [-0.3, -0.25) is 29.6 Å². The summed E-state index contributed by atoms with van der Waals surface area (Å²) in [5, 5.41) is 1.08. The zero-order valence-electron chi connectivity index (χ0n) is 20.0. The molecule has 0 bridgehead atoms. The van der Waals surface area contributed by atoms with Crippen LogP contribution in [0.5, 0.6) is 5.75 Å². The van der Waals surface area contributed by atoms with Gasteiger partial charge in [-0.05, 0) is 55.5 Å². The Kier molecular flexibility index (Phi) is 7.73. The standard InChI is InChI=1S/C28H24N2O7/c1-18-7-9-21(10-8-18)28(35)37-23-13-11-19(12-14-23)24(31)17-36-27(34)22-15-25(32)30(16-22)29-26(33)20-5-3-2-4-6-20/h2-14,22H,15-17H2,1H3,(H,29,33)/t22-/m0/s1. The van der Waals surface area contributed by atoms with Crippen LogP contribution in [0.1, 0.15) is 43.1 Å². The molecule has 9 heteroatoms. The van der Waals surface area contributed by atoms with Crippen molar-refractivity contribution in [3.05, 3.63) is 101 Å². The Hall–Kier alpha value is -4.79. The van der Waals surface area contributed by atoms with E-state index in [1.165, 1.54) is 24.3 Å². The number of nitrogens with zero attached hydrogens (tertiary/aromatic N) is 1. The minimum absolute atomic E-state index is 0.0501. The molecule has 188 valence electrons. The first-order chi connectivity index (χ1) is 17.8. The number of amides is 2.